The molecule has 1 atom stereocenters. The topological polar surface area (TPSA) is 78.9 Å². The summed E-state index contributed by atoms with van der Waals surface area (Å²) >= 11 is 6.43. The standard InChI is InChI=1S/C18H16FN5OS2/c1-11(12-2-4-13(19)5-3-12)20-18(26)22-15-8-6-14(7-9-15)21-17(25)16-10-27-24-23-16/h2-11H,1H3,(H,21,25)(H2,20,22,26). The Hall–Kier alpha value is -2.91. The van der Waals surface area contributed by atoms with Crippen molar-refractivity contribution in [3.63, 3.8) is 0 Å². The van der Waals surface area contributed by atoms with Crippen molar-refractivity contribution in [3.8, 4) is 0 Å². The van der Waals surface area contributed by atoms with Crippen LogP contribution in [-0.2, 0) is 0 Å². The number of amides is 1. The van der Waals surface area contributed by atoms with Gasteiger partial charge in [0.05, 0.1) is 6.04 Å². The molecule has 9 heteroatoms. The molecule has 0 saturated carbocycles. The molecule has 0 aliphatic rings. The number of thiocarbonyl (C=S) groups is 1. The molecule has 27 heavy (non-hydrogen) atoms. The summed E-state index contributed by atoms with van der Waals surface area (Å²) in [6.45, 7) is 1.94. The maximum atomic E-state index is 13.0. The Labute approximate surface area is 165 Å². The van der Waals surface area contributed by atoms with Gasteiger partial charge in [0.1, 0.15) is 5.82 Å². The lowest BCUT2D eigenvalue weighted by Crippen LogP contribution is -2.30. The molecule has 2 aromatic carbocycles. The Morgan fingerprint density at radius 3 is 2.30 bits per heavy atom. The van der Waals surface area contributed by atoms with Gasteiger partial charge in [-0.05, 0) is 72.6 Å². The minimum atomic E-state index is -0.310. The first kappa shape index (κ1) is 18.9. The molecular formula is C18H16FN5OS2. The van der Waals surface area contributed by atoms with E-state index >= 15 is 0 Å². The van der Waals surface area contributed by atoms with Gasteiger partial charge in [-0.15, -0.1) is 5.10 Å². The second-order valence-electron chi connectivity index (χ2n) is 5.69. The van der Waals surface area contributed by atoms with E-state index in [0.29, 0.717) is 10.8 Å². The molecule has 1 unspecified atom stereocenters. The number of carbonyl (C=O) groups excluding carboxylic acids is 1. The van der Waals surface area contributed by atoms with Crippen LogP contribution >= 0.6 is 23.8 Å². The highest BCUT2D eigenvalue weighted by atomic mass is 32.1. The smallest absolute Gasteiger partial charge is 0.277 e. The van der Waals surface area contributed by atoms with Crippen LogP contribution in [0.25, 0.3) is 0 Å². The SMILES string of the molecule is CC(NC(=S)Nc1ccc(NC(=O)c2csnn2)cc1)c1ccc(F)cc1. The van der Waals surface area contributed by atoms with E-state index in [1.807, 2.05) is 6.92 Å². The predicted molar refractivity (Wildman–Crippen MR) is 108 cm³/mol. The molecule has 3 rings (SSSR count). The van der Waals surface area contributed by atoms with Crippen molar-refractivity contribution in [3.05, 3.63) is 71.0 Å². The lowest BCUT2D eigenvalue weighted by Gasteiger charge is -2.17. The third-order valence-electron chi connectivity index (χ3n) is 3.71. The molecule has 0 fully saturated rings. The lowest BCUT2D eigenvalue weighted by atomic mass is 10.1. The van der Waals surface area contributed by atoms with Crippen LogP contribution in [0.1, 0.15) is 29.0 Å². The molecule has 0 aliphatic carbocycles. The molecule has 0 aliphatic heterocycles. The van der Waals surface area contributed by atoms with Gasteiger partial charge in [0, 0.05) is 16.8 Å². The molecule has 1 aromatic heterocycles. The fourth-order valence-corrected chi connectivity index (χ4v) is 3.03. The van der Waals surface area contributed by atoms with Crippen LogP contribution < -0.4 is 16.0 Å². The van der Waals surface area contributed by atoms with Crippen LogP contribution in [0.15, 0.2) is 53.9 Å². The van der Waals surface area contributed by atoms with E-state index in [1.54, 1.807) is 41.8 Å². The number of anilines is 2. The Morgan fingerprint density at radius 1 is 1.07 bits per heavy atom. The highest BCUT2D eigenvalue weighted by Gasteiger charge is 2.10. The van der Waals surface area contributed by atoms with Crippen LogP contribution in [0, 0.1) is 5.82 Å². The Kier molecular flexibility index (Phi) is 6.05. The van der Waals surface area contributed by atoms with Gasteiger partial charge in [-0.2, -0.15) is 0 Å². The molecule has 0 saturated heterocycles. The molecule has 138 valence electrons. The van der Waals surface area contributed by atoms with E-state index in [1.165, 1.54) is 12.1 Å². The molecule has 1 heterocycles. The highest BCUT2D eigenvalue weighted by molar-refractivity contribution is 7.80. The fraction of sp³-hybridized carbons (Fsp3) is 0.111. The summed E-state index contributed by atoms with van der Waals surface area (Å²) in [4.78, 5) is 11.9. The summed E-state index contributed by atoms with van der Waals surface area (Å²) < 4.78 is 16.7. The van der Waals surface area contributed by atoms with Crippen LogP contribution in [0.5, 0.6) is 0 Å². The number of benzene rings is 2. The quantitative estimate of drug-likeness (QED) is 0.562. The largest absolute Gasteiger partial charge is 0.356 e. The minimum Gasteiger partial charge on any atom is -0.356 e. The van der Waals surface area contributed by atoms with Crippen molar-refractivity contribution in [1.82, 2.24) is 14.9 Å². The maximum Gasteiger partial charge on any atom is 0.277 e. The number of hydrogen-bond donors (Lipinski definition) is 3. The zero-order chi connectivity index (χ0) is 19.2. The Balaban J connectivity index is 1.53. The van der Waals surface area contributed by atoms with Crippen molar-refractivity contribution >= 4 is 46.1 Å². The van der Waals surface area contributed by atoms with Crippen LogP contribution in [0.2, 0.25) is 0 Å². The number of rotatable bonds is 5. The van der Waals surface area contributed by atoms with Crippen molar-refractivity contribution in [1.29, 1.82) is 0 Å². The Morgan fingerprint density at radius 2 is 1.70 bits per heavy atom. The molecule has 0 bridgehead atoms. The maximum absolute atomic E-state index is 13.0. The molecule has 3 aromatic rings. The van der Waals surface area contributed by atoms with Crippen LogP contribution in [0.4, 0.5) is 15.8 Å². The molecular weight excluding hydrogens is 385 g/mol. The van der Waals surface area contributed by atoms with E-state index in [0.717, 1.165) is 22.8 Å². The van der Waals surface area contributed by atoms with E-state index in [2.05, 4.69) is 25.5 Å². The second-order valence-corrected chi connectivity index (χ2v) is 6.71. The number of halogens is 1. The minimum absolute atomic E-state index is 0.0733. The zero-order valence-corrected chi connectivity index (χ0v) is 15.9. The first-order chi connectivity index (χ1) is 13.0. The van der Waals surface area contributed by atoms with Crippen molar-refractivity contribution in [2.75, 3.05) is 10.6 Å². The number of nitrogens with zero attached hydrogens (tertiary/aromatic N) is 2. The van der Waals surface area contributed by atoms with Crippen molar-refractivity contribution in [2.24, 2.45) is 0 Å². The summed E-state index contributed by atoms with van der Waals surface area (Å²) in [5.74, 6) is -0.584. The van der Waals surface area contributed by atoms with Gasteiger partial charge >= 0.3 is 0 Å². The average Bonchev–Trinajstić information content (AvgIpc) is 3.18. The van der Waals surface area contributed by atoms with E-state index in [-0.39, 0.29) is 23.5 Å². The molecule has 0 radical (unpaired) electrons. The normalized spacial score (nSPS) is 11.5. The second kappa shape index (κ2) is 8.65. The number of aromatic nitrogens is 2. The third kappa shape index (κ3) is 5.28. The van der Waals surface area contributed by atoms with Gasteiger partial charge in [-0.3, -0.25) is 4.79 Å². The van der Waals surface area contributed by atoms with E-state index < -0.39 is 0 Å². The highest BCUT2D eigenvalue weighted by Crippen LogP contribution is 2.16. The number of nitrogens with one attached hydrogen (secondary N) is 3. The summed E-state index contributed by atoms with van der Waals surface area (Å²) in [5, 5.41) is 14.7. The molecule has 1 amide bonds. The van der Waals surface area contributed by atoms with Gasteiger partial charge in [-0.1, -0.05) is 16.6 Å². The average molecular weight is 401 g/mol. The molecule has 0 spiro atoms. The van der Waals surface area contributed by atoms with E-state index in [4.69, 9.17) is 12.2 Å². The van der Waals surface area contributed by atoms with Gasteiger partial charge in [0.25, 0.3) is 5.91 Å². The number of carbonyl (C=O) groups is 1. The third-order valence-corrected chi connectivity index (χ3v) is 4.44. The van der Waals surface area contributed by atoms with Crippen LogP contribution in [-0.4, -0.2) is 20.6 Å². The van der Waals surface area contributed by atoms with Gasteiger partial charge < -0.3 is 16.0 Å². The van der Waals surface area contributed by atoms with Crippen molar-refractivity contribution < 1.29 is 9.18 Å². The summed E-state index contributed by atoms with van der Waals surface area (Å²) in [7, 11) is 0. The van der Waals surface area contributed by atoms with Gasteiger partial charge in [0.2, 0.25) is 0 Å². The fourth-order valence-electron chi connectivity index (χ4n) is 2.29. The lowest BCUT2D eigenvalue weighted by molar-refractivity contribution is 0.102. The summed E-state index contributed by atoms with van der Waals surface area (Å²) in [5.41, 5.74) is 2.61. The van der Waals surface area contributed by atoms with E-state index in [9.17, 15) is 9.18 Å². The number of hydrogen-bond acceptors (Lipinski definition) is 5. The zero-order valence-electron chi connectivity index (χ0n) is 14.3. The molecule has 6 nitrogen and oxygen atoms in total. The van der Waals surface area contributed by atoms with Gasteiger partial charge in [-0.25, -0.2) is 4.39 Å². The first-order valence-electron chi connectivity index (χ1n) is 8.03. The summed E-state index contributed by atoms with van der Waals surface area (Å²) in [6, 6.07) is 13.3. The van der Waals surface area contributed by atoms with Gasteiger partial charge in [0.15, 0.2) is 10.8 Å². The first-order valence-corrected chi connectivity index (χ1v) is 9.27. The van der Waals surface area contributed by atoms with Crippen LogP contribution in [0.3, 0.4) is 0 Å². The monoisotopic (exact) mass is 401 g/mol. The van der Waals surface area contributed by atoms with Crippen molar-refractivity contribution in [2.45, 2.75) is 13.0 Å². The predicted octanol–water partition coefficient (Wildman–Crippen LogP) is 3.98. The Bertz CT molecular complexity index is 914. The molecule has 3 N–H and O–H groups in total. The summed E-state index contributed by atoms with van der Waals surface area (Å²) in [6.07, 6.45) is 0.